The van der Waals surface area contributed by atoms with Gasteiger partial charge in [0, 0.05) is 39.5 Å². The fourth-order valence-electron chi connectivity index (χ4n) is 3.15. The lowest BCUT2D eigenvalue weighted by atomic mass is 9.96. The summed E-state index contributed by atoms with van der Waals surface area (Å²) in [5.41, 5.74) is 8.59. The van der Waals surface area contributed by atoms with Crippen molar-refractivity contribution in [2.45, 2.75) is 25.5 Å². The van der Waals surface area contributed by atoms with Gasteiger partial charge in [-0.15, -0.1) is 0 Å². The van der Waals surface area contributed by atoms with Crippen LogP contribution in [0.1, 0.15) is 30.0 Å². The van der Waals surface area contributed by atoms with Crippen LogP contribution < -0.4 is 5.73 Å². The Labute approximate surface area is 128 Å². The fourth-order valence-corrected chi connectivity index (χ4v) is 3.15. The maximum atomic E-state index is 6.07. The Kier molecular flexibility index (Phi) is 6.64. The largest absolute Gasteiger partial charge is 0.381 e. The topological polar surface area (TPSA) is 47.7 Å². The molecule has 1 unspecified atom stereocenters. The molecule has 4 heteroatoms. The highest BCUT2D eigenvalue weighted by molar-refractivity contribution is 5.30. The monoisotopic (exact) mass is 292 g/mol. The number of nitrogens with two attached hydrogens (primary N) is 1. The first-order chi connectivity index (χ1) is 10.3. The normalized spacial score (nSPS) is 18.1. The van der Waals surface area contributed by atoms with Gasteiger partial charge in [0.05, 0.1) is 6.61 Å². The molecule has 1 aliphatic heterocycles. The maximum absolute atomic E-state index is 6.07. The van der Waals surface area contributed by atoms with Gasteiger partial charge in [0.15, 0.2) is 0 Å². The number of nitrogens with zero attached hydrogens (tertiary/aromatic N) is 1. The number of hydrogen-bond donors (Lipinski definition) is 1. The lowest BCUT2D eigenvalue weighted by molar-refractivity contribution is 0.0505. The standard InChI is InChI=1S/C17H28N2O2/c1-19(12-14-7-9-21-10-8-14)17(11-18)16-6-4-3-5-15(16)13-20-2/h3-6,14,17H,7-13,18H2,1-2H3. The zero-order valence-corrected chi connectivity index (χ0v) is 13.3. The number of ether oxygens (including phenoxy) is 2. The van der Waals surface area contributed by atoms with Gasteiger partial charge in [-0.05, 0) is 36.9 Å². The van der Waals surface area contributed by atoms with Crippen molar-refractivity contribution in [3.05, 3.63) is 35.4 Å². The minimum absolute atomic E-state index is 0.249. The van der Waals surface area contributed by atoms with Crippen molar-refractivity contribution in [1.82, 2.24) is 4.90 Å². The summed E-state index contributed by atoms with van der Waals surface area (Å²) in [6, 6.07) is 8.69. The molecule has 1 aromatic carbocycles. The molecule has 0 aliphatic carbocycles. The molecule has 0 bridgehead atoms. The summed E-state index contributed by atoms with van der Waals surface area (Å²) >= 11 is 0. The van der Waals surface area contributed by atoms with Gasteiger partial charge in [-0.25, -0.2) is 0 Å². The SMILES string of the molecule is COCc1ccccc1C(CN)N(C)CC1CCOCC1. The molecule has 0 spiro atoms. The van der Waals surface area contributed by atoms with Crippen LogP contribution in [0, 0.1) is 5.92 Å². The summed E-state index contributed by atoms with van der Waals surface area (Å²) in [4.78, 5) is 2.39. The third kappa shape index (κ3) is 4.51. The average molecular weight is 292 g/mol. The predicted octanol–water partition coefficient (Wildman–Crippen LogP) is 2.19. The van der Waals surface area contributed by atoms with Gasteiger partial charge < -0.3 is 15.2 Å². The number of likely N-dealkylation sites (N-methyl/N-ethyl adjacent to an activating group) is 1. The Balaban J connectivity index is 2.07. The average Bonchev–Trinajstić information content (AvgIpc) is 2.51. The lowest BCUT2D eigenvalue weighted by Gasteiger charge is -2.33. The van der Waals surface area contributed by atoms with E-state index in [4.69, 9.17) is 15.2 Å². The summed E-state index contributed by atoms with van der Waals surface area (Å²) in [5.74, 6) is 0.715. The van der Waals surface area contributed by atoms with Crippen molar-refractivity contribution >= 4 is 0 Å². The van der Waals surface area contributed by atoms with Crippen LogP contribution in [0.4, 0.5) is 0 Å². The third-order valence-electron chi connectivity index (χ3n) is 4.36. The maximum Gasteiger partial charge on any atom is 0.0716 e. The van der Waals surface area contributed by atoms with Gasteiger partial charge in [-0.3, -0.25) is 4.90 Å². The van der Waals surface area contributed by atoms with Crippen molar-refractivity contribution in [3.63, 3.8) is 0 Å². The van der Waals surface area contributed by atoms with Gasteiger partial charge >= 0.3 is 0 Å². The molecule has 118 valence electrons. The molecule has 1 aliphatic rings. The highest BCUT2D eigenvalue weighted by Gasteiger charge is 2.22. The summed E-state index contributed by atoms with van der Waals surface area (Å²) in [6.45, 7) is 4.13. The third-order valence-corrected chi connectivity index (χ3v) is 4.36. The Hall–Kier alpha value is -0.940. The molecule has 1 atom stereocenters. The Morgan fingerprint density at radius 1 is 1.33 bits per heavy atom. The van der Waals surface area contributed by atoms with Crippen molar-refractivity contribution in [2.24, 2.45) is 11.7 Å². The fraction of sp³-hybridized carbons (Fsp3) is 0.647. The number of benzene rings is 1. The summed E-state index contributed by atoms with van der Waals surface area (Å²) < 4.78 is 10.8. The van der Waals surface area contributed by atoms with E-state index >= 15 is 0 Å². The molecule has 0 aromatic heterocycles. The Morgan fingerprint density at radius 3 is 2.71 bits per heavy atom. The smallest absolute Gasteiger partial charge is 0.0716 e. The summed E-state index contributed by atoms with van der Waals surface area (Å²) in [5, 5.41) is 0. The van der Waals surface area contributed by atoms with Gasteiger partial charge in [-0.1, -0.05) is 24.3 Å². The summed E-state index contributed by atoms with van der Waals surface area (Å²) in [6.07, 6.45) is 2.31. The van der Waals surface area contributed by atoms with E-state index in [2.05, 4.69) is 36.2 Å². The second-order valence-corrected chi connectivity index (χ2v) is 5.88. The zero-order chi connectivity index (χ0) is 15.1. The molecule has 2 rings (SSSR count). The quantitative estimate of drug-likeness (QED) is 0.837. The minimum Gasteiger partial charge on any atom is -0.381 e. The van der Waals surface area contributed by atoms with Crippen LogP contribution in [0.15, 0.2) is 24.3 Å². The van der Waals surface area contributed by atoms with Crippen LogP contribution in [0.2, 0.25) is 0 Å². The molecule has 0 amide bonds. The van der Waals surface area contributed by atoms with E-state index in [0.717, 1.165) is 32.6 Å². The van der Waals surface area contributed by atoms with Crippen LogP contribution in [0.25, 0.3) is 0 Å². The van der Waals surface area contributed by atoms with E-state index in [9.17, 15) is 0 Å². The summed E-state index contributed by atoms with van der Waals surface area (Å²) in [7, 11) is 3.91. The Morgan fingerprint density at radius 2 is 2.05 bits per heavy atom. The zero-order valence-electron chi connectivity index (χ0n) is 13.3. The first-order valence-corrected chi connectivity index (χ1v) is 7.81. The molecule has 0 radical (unpaired) electrons. The van der Waals surface area contributed by atoms with Crippen LogP contribution >= 0.6 is 0 Å². The van der Waals surface area contributed by atoms with Gasteiger partial charge in [0.2, 0.25) is 0 Å². The molecule has 0 saturated carbocycles. The molecule has 1 fully saturated rings. The highest BCUT2D eigenvalue weighted by atomic mass is 16.5. The van der Waals surface area contributed by atoms with Crippen LogP contribution in [-0.2, 0) is 16.1 Å². The van der Waals surface area contributed by atoms with E-state index in [1.807, 2.05) is 0 Å². The first kappa shape index (κ1) is 16.4. The molecule has 1 heterocycles. The highest BCUT2D eigenvalue weighted by Crippen LogP contribution is 2.25. The van der Waals surface area contributed by atoms with Gasteiger partial charge in [0.1, 0.15) is 0 Å². The molecular formula is C17H28N2O2. The second kappa shape index (κ2) is 8.49. The van der Waals surface area contributed by atoms with Crippen molar-refractivity contribution in [1.29, 1.82) is 0 Å². The van der Waals surface area contributed by atoms with E-state index in [-0.39, 0.29) is 6.04 Å². The van der Waals surface area contributed by atoms with E-state index in [0.29, 0.717) is 19.1 Å². The van der Waals surface area contributed by atoms with Crippen molar-refractivity contribution < 1.29 is 9.47 Å². The molecular weight excluding hydrogens is 264 g/mol. The van der Waals surface area contributed by atoms with Crippen molar-refractivity contribution in [3.8, 4) is 0 Å². The predicted molar refractivity (Wildman–Crippen MR) is 85.1 cm³/mol. The second-order valence-electron chi connectivity index (χ2n) is 5.88. The van der Waals surface area contributed by atoms with E-state index < -0.39 is 0 Å². The van der Waals surface area contributed by atoms with E-state index in [1.165, 1.54) is 11.1 Å². The first-order valence-electron chi connectivity index (χ1n) is 7.81. The number of methoxy groups -OCH3 is 1. The number of rotatable bonds is 7. The van der Waals surface area contributed by atoms with E-state index in [1.54, 1.807) is 7.11 Å². The van der Waals surface area contributed by atoms with Gasteiger partial charge in [-0.2, -0.15) is 0 Å². The molecule has 21 heavy (non-hydrogen) atoms. The number of hydrogen-bond acceptors (Lipinski definition) is 4. The minimum atomic E-state index is 0.249. The van der Waals surface area contributed by atoms with Crippen LogP contribution in [0.5, 0.6) is 0 Å². The molecule has 1 saturated heterocycles. The molecule has 4 nitrogen and oxygen atoms in total. The van der Waals surface area contributed by atoms with Gasteiger partial charge in [0.25, 0.3) is 0 Å². The van der Waals surface area contributed by atoms with Crippen LogP contribution in [0.3, 0.4) is 0 Å². The van der Waals surface area contributed by atoms with Crippen LogP contribution in [-0.4, -0.2) is 45.4 Å². The lowest BCUT2D eigenvalue weighted by Crippen LogP contribution is -2.36. The molecule has 1 aromatic rings. The van der Waals surface area contributed by atoms with Crippen molar-refractivity contribution in [2.75, 3.05) is 40.5 Å². The molecule has 2 N–H and O–H groups in total. The Bertz CT molecular complexity index is 419.